The number of pyridine rings is 1. The monoisotopic (exact) mass is 367 g/mol. The van der Waals surface area contributed by atoms with Crippen LogP contribution >= 0.6 is 0 Å². The van der Waals surface area contributed by atoms with E-state index in [1.54, 1.807) is 6.20 Å². The number of nitrogens with one attached hydrogen (secondary N) is 1. The summed E-state index contributed by atoms with van der Waals surface area (Å²) < 4.78 is 12.7. The Labute approximate surface area is 159 Å². The molecule has 0 radical (unpaired) electrons. The lowest BCUT2D eigenvalue weighted by molar-refractivity contribution is -0.140. The minimum Gasteiger partial charge on any atom is -0.494 e. The quantitative estimate of drug-likeness (QED) is 0.460. The van der Waals surface area contributed by atoms with Gasteiger partial charge in [-0.25, -0.2) is 4.98 Å². The zero-order valence-corrected chi connectivity index (χ0v) is 15.8. The third-order valence-electron chi connectivity index (χ3n) is 4.41. The number of carbonyl (C=O) groups excluding carboxylic acids is 1. The molecule has 0 saturated carbocycles. The van der Waals surface area contributed by atoms with Gasteiger partial charge in [0.25, 0.3) is 0 Å². The number of esters is 1. The molecule has 3 rings (SSSR count). The Morgan fingerprint density at radius 3 is 2.89 bits per heavy atom. The third kappa shape index (κ3) is 5.00. The largest absolute Gasteiger partial charge is 0.494 e. The lowest BCUT2D eigenvalue weighted by Gasteiger charge is -2.09. The topological polar surface area (TPSA) is 65.4 Å². The van der Waals surface area contributed by atoms with E-state index in [0.717, 1.165) is 41.1 Å². The van der Waals surface area contributed by atoms with Gasteiger partial charge in [0.2, 0.25) is 0 Å². The van der Waals surface area contributed by atoms with Gasteiger partial charge in [-0.05, 0) is 49.7 Å². The number of anilines is 1. The number of benzene rings is 1. The summed E-state index contributed by atoms with van der Waals surface area (Å²) in [4.78, 5) is 15.6. The summed E-state index contributed by atoms with van der Waals surface area (Å²) in [5, 5.41) is 4.38. The molecule has 6 nitrogen and oxygen atoms in total. The van der Waals surface area contributed by atoms with Crippen LogP contribution < -0.4 is 10.1 Å². The molecule has 0 aliphatic rings. The number of nitrogens with zero attached hydrogens (tertiary/aromatic N) is 2. The molecule has 0 unspecified atom stereocenters. The first kappa shape index (κ1) is 18.8. The van der Waals surface area contributed by atoms with Gasteiger partial charge in [-0.2, -0.15) is 0 Å². The second-order valence-electron chi connectivity index (χ2n) is 6.33. The van der Waals surface area contributed by atoms with E-state index >= 15 is 0 Å². The predicted octanol–water partition coefficient (Wildman–Crippen LogP) is 3.79. The van der Waals surface area contributed by atoms with Crippen LogP contribution in [-0.4, -0.2) is 35.8 Å². The summed E-state index contributed by atoms with van der Waals surface area (Å²) in [6.07, 6.45) is 3.02. The second-order valence-corrected chi connectivity index (χ2v) is 6.33. The van der Waals surface area contributed by atoms with Crippen LogP contribution in [-0.2, 0) is 16.1 Å². The first-order valence-electron chi connectivity index (χ1n) is 9.12. The molecule has 0 atom stereocenters. The van der Waals surface area contributed by atoms with Crippen molar-refractivity contribution in [3.8, 4) is 5.75 Å². The molecule has 0 spiro atoms. The molecule has 6 heteroatoms. The Bertz CT molecular complexity index is 890. The molecule has 0 fully saturated rings. The minimum atomic E-state index is -0.199. The van der Waals surface area contributed by atoms with Crippen molar-refractivity contribution < 1.29 is 14.3 Å². The van der Waals surface area contributed by atoms with Crippen molar-refractivity contribution in [1.29, 1.82) is 0 Å². The molecule has 142 valence electrons. The van der Waals surface area contributed by atoms with Crippen molar-refractivity contribution in [2.75, 3.05) is 25.6 Å². The van der Waals surface area contributed by atoms with Crippen LogP contribution in [0.3, 0.4) is 0 Å². The summed E-state index contributed by atoms with van der Waals surface area (Å²) in [6, 6.07) is 14.0. The molecular weight excluding hydrogens is 342 g/mol. The van der Waals surface area contributed by atoms with Crippen molar-refractivity contribution in [2.24, 2.45) is 0 Å². The number of fused-ring (bicyclic) bond motifs is 1. The second kappa shape index (κ2) is 9.07. The van der Waals surface area contributed by atoms with Crippen LogP contribution in [0.15, 0.2) is 48.7 Å². The fourth-order valence-electron chi connectivity index (χ4n) is 3.02. The van der Waals surface area contributed by atoms with Gasteiger partial charge >= 0.3 is 5.97 Å². The van der Waals surface area contributed by atoms with Crippen LogP contribution in [0.1, 0.15) is 18.5 Å². The maximum Gasteiger partial charge on any atom is 0.307 e. The maximum atomic E-state index is 11.4. The van der Waals surface area contributed by atoms with E-state index in [1.807, 2.05) is 43.3 Å². The fourth-order valence-corrected chi connectivity index (χ4v) is 3.02. The number of aromatic nitrogens is 2. The van der Waals surface area contributed by atoms with E-state index in [1.165, 1.54) is 7.11 Å². The SMILES string of the molecule is COC(=O)CCn1c(C)cc2cc(OCCCNc3ccccn3)ccc21. The Kier molecular flexibility index (Phi) is 6.30. The smallest absolute Gasteiger partial charge is 0.307 e. The molecule has 0 aliphatic heterocycles. The minimum absolute atomic E-state index is 0.199. The molecule has 0 saturated heterocycles. The number of hydrogen-bond acceptors (Lipinski definition) is 5. The molecule has 2 aromatic heterocycles. The van der Waals surface area contributed by atoms with Crippen LogP contribution in [0.5, 0.6) is 5.75 Å². The molecule has 1 aromatic carbocycles. The van der Waals surface area contributed by atoms with E-state index in [-0.39, 0.29) is 5.97 Å². The molecule has 1 N–H and O–H groups in total. The molecule has 27 heavy (non-hydrogen) atoms. The number of rotatable bonds is 9. The highest BCUT2D eigenvalue weighted by atomic mass is 16.5. The van der Waals surface area contributed by atoms with E-state index < -0.39 is 0 Å². The first-order chi connectivity index (χ1) is 13.2. The van der Waals surface area contributed by atoms with E-state index in [4.69, 9.17) is 9.47 Å². The van der Waals surface area contributed by atoms with Gasteiger partial charge in [0.05, 0.1) is 20.1 Å². The first-order valence-corrected chi connectivity index (χ1v) is 9.12. The summed E-state index contributed by atoms with van der Waals surface area (Å²) in [5.41, 5.74) is 2.21. The van der Waals surface area contributed by atoms with Gasteiger partial charge in [-0.1, -0.05) is 6.07 Å². The zero-order chi connectivity index (χ0) is 19.1. The lowest BCUT2D eigenvalue weighted by atomic mass is 10.2. The standard InChI is InChI=1S/C21H25N3O3/c1-16-14-17-15-18(7-8-19(17)24(16)12-9-21(25)26-2)27-13-5-11-23-20-6-3-4-10-22-20/h3-4,6-8,10,14-15H,5,9,11-13H2,1-2H3,(H,22,23). The zero-order valence-electron chi connectivity index (χ0n) is 15.8. The van der Waals surface area contributed by atoms with Crippen LogP contribution in [0, 0.1) is 6.92 Å². The average Bonchev–Trinajstić information content (AvgIpc) is 3.01. The number of hydrogen-bond donors (Lipinski definition) is 1. The van der Waals surface area contributed by atoms with Gasteiger partial charge in [-0.3, -0.25) is 4.79 Å². The Hall–Kier alpha value is -3.02. The third-order valence-corrected chi connectivity index (χ3v) is 4.41. The van der Waals surface area contributed by atoms with Gasteiger partial charge in [0.1, 0.15) is 11.6 Å². The summed E-state index contributed by atoms with van der Waals surface area (Å²) >= 11 is 0. The fraction of sp³-hybridized carbons (Fsp3) is 0.333. The highest BCUT2D eigenvalue weighted by Crippen LogP contribution is 2.25. The molecule has 3 aromatic rings. The highest BCUT2D eigenvalue weighted by Gasteiger charge is 2.09. The van der Waals surface area contributed by atoms with Crippen LogP contribution in [0.25, 0.3) is 10.9 Å². The lowest BCUT2D eigenvalue weighted by Crippen LogP contribution is -2.08. The number of ether oxygens (including phenoxy) is 2. The maximum absolute atomic E-state index is 11.4. The highest BCUT2D eigenvalue weighted by molar-refractivity contribution is 5.83. The predicted molar refractivity (Wildman–Crippen MR) is 106 cm³/mol. The van der Waals surface area contributed by atoms with E-state index in [2.05, 4.69) is 20.9 Å². The molecule has 0 aliphatic carbocycles. The van der Waals surface area contributed by atoms with E-state index in [0.29, 0.717) is 19.6 Å². The van der Waals surface area contributed by atoms with Crippen LogP contribution in [0.2, 0.25) is 0 Å². The summed E-state index contributed by atoms with van der Waals surface area (Å²) in [7, 11) is 1.42. The van der Waals surface area contributed by atoms with E-state index in [9.17, 15) is 4.79 Å². The van der Waals surface area contributed by atoms with Gasteiger partial charge in [-0.15, -0.1) is 0 Å². The average molecular weight is 367 g/mol. The number of aryl methyl sites for hydroxylation is 2. The van der Waals surface area contributed by atoms with Crippen molar-refractivity contribution in [2.45, 2.75) is 26.3 Å². The number of methoxy groups -OCH3 is 1. The van der Waals surface area contributed by atoms with Gasteiger partial charge in [0.15, 0.2) is 0 Å². The molecule has 0 bridgehead atoms. The Morgan fingerprint density at radius 2 is 2.11 bits per heavy atom. The Balaban J connectivity index is 1.53. The van der Waals surface area contributed by atoms with Crippen molar-refractivity contribution >= 4 is 22.7 Å². The summed E-state index contributed by atoms with van der Waals surface area (Å²) in [6.45, 7) is 4.10. The van der Waals surface area contributed by atoms with Crippen molar-refractivity contribution in [3.05, 3.63) is 54.4 Å². The summed E-state index contributed by atoms with van der Waals surface area (Å²) in [5.74, 6) is 1.53. The molecule has 0 amide bonds. The number of carbonyl (C=O) groups is 1. The molecule has 2 heterocycles. The molecular formula is C21H25N3O3. The Morgan fingerprint density at radius 1 is 1.22 bits per heavy atom. The van der Waals surface area contributed by atoms with Gasteiger partial charge in [0, 0.05) is 35.9 Å². The van der Waals surface area contributed by atoms with Crippen molar-refractivity contribution in [3.63, 3.8) is 0 Å². The van der Waals surface area contributed by atoms with Crippen molar-refractivity contribution in [1.82, 2.24) is 9.55 Å². The normalized spacial score (nSPS) is 10.7. The van der Waals surface area contributed by atoms with Gasteiger partial charge < -0.3 is 19.4 Å². The van der Waals surface area contributed by atoms with Crippen LogP contribution in [0.4, 0.5) is 5.82 Å².